The highest BCUT2D eigenvalue weighted by atomic mass is 32.2. The van der Waals surface area contributed by atoms with Crippen molar-refractivity contribution < 1.29 is 37.1 Å². The quantitative estimate of drug-likeness (QED) is 0.149. The summed E-state index contributed by atoms with van der Waals surface area (Å²) in [4.78, 5) is 63.6. The van der Waals surface area contributed by atoms with Crippen molar-refractivity contribution in [2.45, 2.75) is 97.5 Å². The van der Waals surface area contributed by atoms with Crippen LogP contribution in [0.25, 0.3) is 0 Å². The van der Waals surface area contributed by atoms with Crippen LogP contribution < -0.4 is 27.0 Å². The average molecular weight is 652 g/mol. The van der Waals surface area contributed by atoms with Gasteiger partial charge in [0, 0.05) is 24.1 Å². The third-order valence-corrected chi connectivity index (χ3v) is 7.55. The number of alkyl carbamates (subject to hydrolysis) is 1. The lowest BCUT2D eigenvalue weighted by Gasteiger charge is -2.27. The van der Waals surface area contributed by atoms with Crippen LogP contribution in [-0.2, 0) is 40.4 Å². The SMILES string of the molecule is CC[C@H](C)[C@H](NC(=O)OCc1ccccc1)C(=O)N[C@@H](CCCC(N)=O)C(=O)N[C@@H](C)C(=O)N[C@H](/C=C/S(C)(=O)=O)CC(C)C. The molecule has 0 heterocycles. The van der Waals surface area contributed by atoms with Crippen molar-refractivity contribution in [1.29, 1.82) is 0 Å². The molecule has 13 nitrogen and oxygen atoms in total. The minimum atomic E-state index is -3.42. The number of sulfone groups is 1. The molecule has 1 rings (SSSR count). The Balaban J connectivity index is 3.01. The van der Waals surface area contributed by atoms with Gasteiger partial charge in [0.1, 0.15) is 24.7 Å². The molecule has 0 aliphatic carbocycles. The van der Waals surface area contributed by atoms with Crippen LogP contribution in [0.15, 0.2) is 41.8 Å². The summed E-state index contributed by atoms with van der Waals surface area (Å²) in [6.07, 6.45) is 2.80. The lowest BCUT2D eigenvalue weighted by atomic mass is 9.97. The molecule has 5 atom stereocenters. The van der Waals surface area contributed by atoms with Gasteiger partial charge in [0.15, 0.2) is 9.84 Å². The minimum absolute atomic E-state index is 0.00168. The fraction of sp³-hybridized carbons (Fsp3) is 0.581. The first-order valence-corrected chi connectivity index (χ1v) is 17.0. The standard InChI is InChI=1S/C31H49N5O8S/c1-7-21(4)27(36-31(41)44-19-23-12-9-8-10-13-23)30(40)35-25(14-11-15-26(32)37)29(39)33-22(5)28(38)34-24(18-20(2)3)16-17-45(6,42)43/h8-10,12-13,16-17,20-22,24-25,27H,7,11,14-15,18-19H2,1-6H3,(H2,32,37)(H,33,39)(H,34,38)(H,35,40)(H,36,41)/b17-16+/t21-,22-,24+,25-,27-/m0/s1. The average Bonchev–Trinajstić information content (AvgIpc) is 2.96. The first-order valence-electron chi connectivity index (χ1n) is 15.1. The summed E-state index contributed by atoms with van der Waals surface area (Å²) < 4.78 is 28.4. The van der Waals surface area contributed by atoms with Crippen LogP contribution in [0, 0.1) is 11.8 Å². The lowest BCUT2D eigenvalue weighted by molar-refractivity contribution is -0.133. The maximum atomic E-state index is 13.4. The van der Waals surface area contributed by atoms with Crippen LogP contribution >= 0.6 is 0 Å². The maximum Gasteiger partial charge on any atom is 0.408 e. The van der Waals surface area contributed by atoms with E-state index in [-0.39, 0.29) is 37.7 Å². The smallest absolute Gasteiger partial charge is 0.408 e. The van der Waals surface area contributed by atoms with Crippen molar-refractivity contribution >= 4 is 39.6 Å². The van der Waals surface area contributed by atoms with Gasteiger partial charge in [0.2, 0.25) is 23.6 Å². The van der Waals surface area contributed by atoms with E-state index < -0.39 is 63.7 Å². The van der Waals surface area contributed by atoms with Crippen molar-refractivity contribution in [3.8, 4) is 0 Å². The lowest BCUT2D eigenvalue weighted by Crippen LogP contribution is -2.57. The van der Waals surface area contributed by atoms with Crippen LogP contribution in [0.1, 0.15) is 72.3 Å². The molecular weight excluding hydrogens is 602 g/mol. The molecule has 0 aliphatic heterocycles. The molecule has 14 heteroatoms. The van der Waals surface area contributed by atoms with Crippen molar-refractivity contribution in [1.82, 2.24) is 21.3 Å². The number of primary amides is 1. The Morgan fingerprint density at radius 3 is 2.11 bits per heavy atom. The maximum absolute atomic E-state index is 13.4. The Morgan fingerprint density at radius 2 is 1.56 bits per heavy atom. The predicted molar refractivity (Wildman–Crippen MR) is 171 cm³/mol. The Hall–Kier alpha value is -3.94. The van der Waals surface area contributed by atoms with Gasteiger partial charge in [-0.25, -0.2) is 13.2 Å². The first-order chi connectivity index (χ1) is 21.0. The summed E-state index contributed by atoms with van der Waals surface area (Å²) in [6, 6.07) is 5.19. The van der Waals surface area contributed by atoms with E-state index in [1.807, 2.05) is 26.8 Å². The third kappa shape index (κ3) is 16.6. The Bertz CT molecular complexity index is 1270. The molecule has 0 saturated carbocycles. The highest BCUT2D eigenvalue weighted by Crippen LogP contribution is 2.12. The molecule has 0 saturated heterocycles. The number of carbonyl (C=O) groups excluding carboxylic acids is 5. The van der Waals surface area contributed by atoms with E-state index in [0.29, 0.717) is 12.8 Å². The zero-order valence-corrected chi connectivity index (χ0v) is 27.8. The largest absolute Gasteiger partial charge is 0.445 e. The van der Waals surface area contributed by atoms with Gasteiger partial charge in [-0.3, -0.25) is 19.2 Å². The van der Waals surface area contributed by atoms with Gasteiger partial charge < -0.3 is 31.7 Å². The molecule has 45 heavy (non-hydrogen) atoms. The van der Waals surface area contributed by atoms with Crippen LogP contribution in [0.2, 0.25) is 0 Å². The Morgan fingerprint density at radius 1 is 0.911 bits per heavy atom. The molecule has 0 bridgehead atoms. The van der Waals surface area contributed by atoms with Crippen molar-refractivity contribution in [2.75, 3.05) is 6.26 Å². The number of hydrogen-bond acceptors (Lipinski definition) is 8. The number of hydrogen-bond donors (Lipinski definition) is 5. The molecule has 0 aromatic heterocycles. The number of carbonyl (C=O) groups is 5. The summed E-state index contributed by atoms with van der Waals surface area (Å²) in [5, 5.41) is 11.6. The number of benzene rings is 1. The van der Waals surface area contributed by atoms with E-state index in [1.165, 1.54) is 13.0 Å². The zero-order valence-electron chi connectivity index (χ0n) is 27.0. The highest BCUT2D eigenvalue weighted by Gasteiger charge is 2.31. The van der Waals surface area contributed by atoms with Crippen LogP contribution in [0.3, 0.4) is 0 Å². The molecule has 0 unspecified atom stereocenters. The van der Waals surface area contributed by atoms with Gasteiger partial charge in [0.05, 0.1) is 0 Å². The molecule has 0 fully saturated rings. The molecule has 0 aliphatic rings. The summed E-state index contributed by atoms with van der Waals surface area (Å²) in [6.45, 7) is 8.90. The topological polar surface area (TPSA) is 203 Å². The molecule has 0 spiro atoms. The molecule has 252 valence electrons. The first kappa shape index (κ1) is 39.1. The number of nitrogens with two attached hydrogens (primary N) is 1. The number of ether oxygens (including phenoxy) is 1. The summed E-state index contributed by atoms with van der Waals surface area (Å²) in [7, 11) is -3.42. The van der Waals surface area contributed by atoms with Crippen LogP contribution in [0.5, 0.6) is 0 Å². The second-order valence-electron chi connectivity index (χ2n) is 11.6. The van der Waals surface area contributed by atoms with E-state index in [0.717, 1.165) is 17.2 Å². The monoisotopic (exact) mass is 651 g/mol. The highest BCUT2D eigenvalue weighted by molar-refractivity contribution is 7.93. The molecule has 0 radical (unpaired) electrons. The van der Waals surface area contributed by atoms with Gasteiger partial charge in [-0.15, -0.1) is 0 Å². The summed E-state index contributed by atoms with van der Waals surface area (Å²) in [5.74, 6) is -2.65. The molecular formula is C31H49N5O8S. The normalized spacial score (nSPS) is 14.9. The summed E-state index contributed by atoms with van der Waals surface area (Å²) in [5.41, 5.74) is 6.02. The molecule has 6 N–H and O–H groups in total. The minimum Gasteiger partial charge on any atom is -0.445 e. The molecule has 1 aromatic rings. The Labute approximate surface area is 266 Å². The van der Waals surface area contributed by atoms with E-state index in [2.05, 4.69) is 21.3 Å². The van der Waals surface area contributed by atoms with E-state index in [4.69, 9.17) is 10.5 Å². The Kier molecular flexibility index (Phi) is 16.9. The van der Waals surface area contributed by atoms with Crippen LogP contribution in [0.4, 0.5) is 4.79 Å². The van der Waals surface area contributed by atoms with Crippen LogP contribution in [-0.4, -0.2) is 68.6 Å². The van der Waals surface area contributed by atoms with Gasteiger partial charge >= 0.3 is 6.09 Å². The second-order valence-corrected chi connectivity index (χ2v) is 13.6. The second kappa shape index (κ2) is 19.4. The van der Waals surface area contributed by atoms with E-state index in [9.17, 15) is 32.4 Å². The van der Waals surface area contributed by atoms with E-state index >= 15 is 0 Å². The number of rotatable bonds is 19. The number of nitrogens with one attached hydrogen (secondary N) is 4. The van der Waals surface area contributed by atoms with Crippen molar-refractivity contribution in [3.63, 3.8) is 0 Å². The van der Waals surface area contributed by atoms with Gasteiger partial charge in [-0.05, 0) is 43.6 Å². The van der Waals surface area contributed by atoms with Crippen molar-refractivity contribution in [3.05, 3.63) is 47.4 Å². The summed E-state index contributed by atoms with van der Waals surface area (Å²) >= 11 is 0. The fourth-order valence-corrected chi connectivity index (χ4v) is 4.70. The molecule has 1 aromatic carbocycles. The third-order valence-electron chi connectivity index (χ3n) is 6.89. The zero-order chi connectivity index (χ0) is 34.2. The van der Waals surface area contributed by atoms with Gasteiger partial charge in [0.25, 0.3) is 0 Å². The fourth-order valence-electron chi connectivity index (χ4n) is 4.22. The molecule has 5 amide bonds. The van der Waals surface area contributed by atoms with Gasteiger partial charge in [-0.1, -0.05) is 70.5 Å². The predicted octanol–water partition coefficient (Wildman–Crippen LogP) is 2.06. The van der Waals surface area contributed by atoms with Crippen molar-refractivity contribution in [2.24, 2.45) is 17.6 Å². The number of amides is 5. The van der Waals surface area contributed by atoms with Gasteiger partial charge in [-0.2, -0.15) is 0 Å². The van der Waals surface area contributed by atoms with E-state index in [1.54, 1.807) is 31.2 Å².